The molecule has 0 amide bonds. The minimum atomic E-state index is -3.92. The highest BCUT2D eigenvalue weighted by molar-refractivity contribution is 7.86. The molecule has 1 heterocycles. The predicted molar refractivity (Wildman–Crippen MR) is 105 cm³/mol. The van der Waals surface area contributed by atoms with Crippen molar-refractivity contribution in [3.63, 3.8) is 0 Å². The molecular weight excluding hydrogens is 362 g/mol. The monoisotopic (exact) mass is 389 g/mol. The molecule has 2 aromatic rings. The summed E-state index contributed by atoms with van der Waals surface area (Å²) in [5.74, 6) is 0. The molecule has 2 aromatic carbocycles. The summed E-state index contributed by atoms with van der Waals surface area (Å²) in [4.78, 5) is 0.175. The number of hydrogen-bond acceptors (Lipinski definition) is 5. The maximum Gasteiger partial charge on any atom is 0.297 e. The highest BCUT2D eigenvalue weighted by Gasteiger charge is 2.39. The number of nitrogens with one attached hydrogen (secondary N) is 1. The molecule has 0 aliphatic carbocycles. The minimum Gasteiger partial charge on any atom is -0.352 e. The van der Waals surface area contributed by atoms with Crippen LogP contribution >= 0.6 is 0 Å². The fraction of sp³-hybridized carbons (Fsp3) is 0.429. The average Bonchev–Trinajstić information content (AvgIpc) is 3.10. The molecule has 1 N–H and O–H groups in total. The topological polar surface area (TPSA) is 64.6 Å². The van der Waals surface area contributed by atoms with Gasteiger partial charge in [0.15, 0.2) is 5.72 Å². The summed E-state index contributed by atoms with van der Waals surface area (Å²) in [7, 11) is -3.92. The molecule has 6 heteroatoms. The molecule has 0 radical (unpaired) electrons. The SMILES string of the molecule is Cc1cc(C(C)(C)C)cc(S(=O)(=O)OC[C@@]2(c3ccccc3)NCCO2)c1. The van der Waals surface area contributed by atoms with Gasteiger partial charge in [0.25, 0.3) is 10.1 Å². The van der Waals surface area contributed by atoms with Gasteiger partial charge < -0.3 is 4.74 Å². The molecule has 0 bridgehead atoms. The molecule has 27 heavy (non-hydrogen) atoms. The summed E-state index contributed by atoms with van der Waals surface area (Å²) in [6.45, 7) is 9.06. The number of rotatable bonds is 5. The Kier molecular flexibility index (Phi) is 5.45. The summed E-state index contributed by atoms with van der Waals surface area (Å²) < 4.78 is 37.1. The first-order valence-electron chi connectivity index (χ1n) is 9.09. The highest BCUT2D eigenvalue weighted by Crippen LogP contribution is 2.30. The second kappa shape index (κ2) is 7.36. The van der Waals surface area contributed by atoms with Gasteiger partial charge in [-0.2, -0.15) is 8.42 Å². The summed E-state index contributed by atoms with van der Waals surface area (Å²) >= 11 is 0. The van der Waals surface area contributed by atoms with Gasteiger partial charge in [-0.15, -0.1) is 0 Å². The van der Waals surface area contributed by atoms with E-state index < -0.39 is 15.8 Å². The van der Waals surface area contributed by atoms with E-state index in [0.717, 1.165) is 16.7 Å². The molecule has 1 saturated heterocycles. The van der Waals surface area contributed by atoms with Crippen LogP contribution in [0.4, 0.5) is 0 Å². The van der Waals surface area contributed by atoms with Gasteiger partial charge in [-0.05, 0) is 35.6 Å². The van der Waals surface area contributed by atoms with E-state index in [-0.39, 0.29) is 16.9 Å². The number of benzene rings is 2. The molecule has 1 atom stereocenters. The van der Waals surface area contributed by atoms with Gasteiger partial charge in [-0.1, -0.05) is 57.2 Å². The zero-order valence-corrected chi connectivity index (χ0v) is 17.1. The van der Waals surface area contributed by atoms with Gasteiger partial charge in [-0.25, -0.2) is 0 Å². The van der Waals surface area contributed by atoms with Crippen molar-refractivity contribution in [2.75, 3.05) is 19.8 Å². The Morgan fingerprint density at radius 2 is 1.85 bits per heavy atom. The van der Waals surface area contributed by atoms with Crippen LogP contribution in [0.5, 0.6) is 0 Å². The first-order valence-corrected chi connectivity index (χ1v) is 10.5. The molecular formula is C21H27NO4S. The highest BCUT2D eigenvalue weighted by atomic mass is 32.2. The third kappa shape index (κ3) is 4.41. The molecule has 146 valence electrons. The Morgan fingerprint density at radius 3 is 2.44 bits per heavy atom. The Morgan fingerprint density at radius 1 is 1.15 bits per heavy atom. The molecule has 1 aliphatic heterocycles. The fourth-order valence-corrected chi connectivity index (χ4v) is 4.21. The lowest BCUT2D eigenvalue weighted by atomic mass is 9.86. The van der Waals surface area contributed by atoms with Crippen LogP contribution in [0.3, 0.4) is 0 Å². The predicted octanol–water partition coefficient (Wildman–Crippen LogP) is 3.47. The molecule has 1 aliphatic rings. The van der Waals surface area contributed by atoms with Gasteiger partial charge in [-0.3, -0.25) is 9.50 Å². The van der Waals surface area contributed by atoms with Crippen molar-refractivity contribution in [3.8, 4) is 0 Å². The summed E-state index contributed by atoms with van der Waals surface area (Å²) in [6.07, 6.45) is 0. The van der Waals surface area contributed by atoms with Crippen LogP contribution in [0.1, 0.15) is 37.5 Å². The van der Waals surface area contributed by atoms with Gasteiger partial charge in [0.2, 0.25) is 0 Å². The van der Waals surface area contributed by atoms with Crippen LogP contribution in [-0.2, 0) is 30.2 Å². The van der Waals surface area contributed by atoms with Gasteiger partial charge >= 0.3 is 0 Å². The lowest BCUT2D eigenvalue weighted by molar-refractivity contribution is -0.0477. The summed E-state index contributed by atoms with van der Waals surface area (Å²) in [6, 6.07) is 14.8. The Hall–Kier alpha value is -1.73. The molecule has 0 spiro atoms. The average molecular weight is 390 g/mol. The maximum atomic E-state index is 12.9. The zero-order valence-electron chi connectivity index (χ0n) is 16.3. The van der Waals surface area contributed by atoms with Crippen LogP contribution in [0.25, 0.3) is 0 Å². The maximum absolute atomic E-state index is 12.9. The molecule has 3 rings (SSSR count). The first kappa shape index (κ1) is 20.0. The molecule has 0 aromatic heterocycles. The van der Waals surface area contributed by atoms with E-state index in [1.165, 1.54) is 0 Å². The van der Waals surface area contributed by atoms with Crippen molar-refractivity contribution in [1.29, 1.82) is 0 Å². The van der Waals surface area contributed by atoms with E-state index in [1.807, 2.05) is 43.3 Å². The Labute approximate surface area is 161 Å². The second-order valence-electron chi connectivity index (χ2n) is 7.97. The second-order valence-corrected chi connectivity index (χ2v) is 9.58. The van der Waals surface area contributed by atoms with E-state index in [4.69, 9.17) is 8.92 Å². The fourth-order valence-electron chi connectivity index (χ4n) is 3.15. The first-order chi connectivity index (χ1) is 12.6. The molecule has 5 nitrogen and oxygen atoms in total. The number of aryl methyl sites for hydroxylation is 1. The standard InChI is InChI=1S/C21H27NO4S/c1-16-12-18(20(2,3)4)14-19(13-16)27(23,24)26-15-21(22-10-11-25-21)17-8-6-5-7-9-17/h5-9,12-14,22H,10-11,15H2,1-4H3/t21-/m1/s1. The van der Waals surface area contributed by atoms with Crippen LogP contribution < -0.4 is 5.32 Å². The van der Waals surface area contributed by atoms with Crippen molar-refractivity contribution < 1.29 is 17.3 Å². The van der Waals surface area contributed by atoms with E-state index >= 15 is 0 Å². The molecule has 0 unspecified atom stereocenters. The lowest BCUT2D eigenvalue weighted by Gasteiger charge is -2.28. The van der Waals surface area contributed by atoms with E-state index in [2.05, 4.69) is 26.1 Å². The van der Waals surface area contributed by atoms with Crippen LogP contribution in [0, 0.1) is 6.92 Å². The van der Waals surface area contributed by atoms with Crippen molar-refractivity contribution in [3.05, 3.63) is 65.2 Å². The quantitative estimate of drug-likeness (QED) is 0.794. The van der Waals surface area contributed by atoms with Crippen molar-refractivity contribution in [1.82, 2.24) is 5.32 Å². The van der Waals surface area contributed by atoms with Crippen molar-refractivity contribution in [2.24, 2.45) is 0 Å². The Bertz CT molecular complexity index is 896. The van der Waals surface area contributed by atoms with Gasteiger partial charge in [0.05, 0.1) is 11.5 Å². The van der Waals surface area contributed by atoms with E-state index in [1.54, 1.807) is 12.1 Å². The van der Waals surface area contributed by atoms with Gasteiger partial charge in [0, 0.05) is 12.1 Å². The van der Waals surface area contributed by atoms with Crippen molar-refractivity contribution >= 4 is 10.1 Å². The summed E-state index contributed by atoms with van der Waals surface area (Å²) in [5.41, 5.74) is 1.58. The number of hydrogen-bond donors (Lipinski definition) is 1. The molecule has 1 fully saturated rings. The number of ether oxygens (including phenoxy) is 1. The van der Waals surface area contributed by atoms with E-state index in [9.17, 15) is 8.42 Å². The molecule has 0 saturated carbocycles. The van der Waals surface area contributed by atoms with Crippen molar-refractivity contribution in [2.45, 2.75) is 43.7 Å². The minimum absolute atomic E-state index is 0.127. The van der Waals surface area contributed by atoms with Crippen LogP contribution in [0.15, 0.2) is 53.4 Å². The summed E-state index contributed by atoms with van der Waals surface area (Å²) in [5, 5.41) is 3.25. The van der Waals surface area contributed by atoms with Crippen LogP contribution in [-0.4, -0.2) is 28.2 Å². The zero-order chi connectivity index (χ0) is 19.7. The normalized spacial score (nSPS) is 20.7. The largest absolute Gasteiger partial charge is 0.352 e. The van der Waals surface area contributed by atoms with Gasteiger partial charge in [0.1, 0.15) is 6.61 Å². The third-order valence-corrected chi connectivity index (χ3v) is 5.97. The Balaban J connectivity index is 1.88. The third-order valence-electron chi connectivity index (χ3n) is 4.72. The lowest BCUT2D eigenvalue weighted by Crippen LogP contribution is -2.43. The van der Waals surface area contributed by atoms with E-state index in [0.29, 0.717) is 13.2 Å². The smallest absolute Gasteiger partial charge is 0.297 e. The van der Waals surface area contributed by atoms with Crippen LogP contribution in [0.2, 0.25) is 0 Å².